The van der Waals surface area contributed by atoms with E-state index in [2.05, 4.69) is 26.8 Å². The van der Waals surface area contributed by atoms with Crippen LogP contribution in [0, 0.1) is 5.82 Å². The number of anilines is 1. The standard InChI is InChI=1S/C30H31FN6O/c1-4-14-36(3)19(2)18-38-30-34-28-25(29(35-30)37-16-21-12-13-22(17-37)33-21)15-32-27(26(28)31)24-11-7-9-20-8-5-6-10-23(20)24/h4-11,14-15,21-22,33H,2,12-13,16-18H2,1,3H3/b14-4-. The molecule has 2 bridgehead atoms. The molecule has 7 nitrogen and oxygen atoms in total. The van der Waals surface area contributed by atoms with Crippen LogP contribution in [0.25, 0.3) is 32.9 Å². The number of pyridine rings is 1. The molecule has 8 heteroatoms. The summed E-state index contributed by atoms with van der Waals surface area (Å²) in [6.07, 6.45) is 7.78. The molecule has 4 aromatic rings. The first-order chi connectivity index (χ1) is 18.5. The largest absolute Gasteiger partial charge is 0.457 e. The Morgan fingerprint density at radius 1 is 1.13 bits per heavy atom. The Balaban J connectivity index is 1.45. The maximum absolute atomic E-state index is 16.3. The number of nitrogens with zero attached hydrogens (tertiary/aromatic N) is 5. The van der Waals surface area contributed by atoms with E-state index in [-0.39, 0.29) is 23.8 Å². The van der Waals surface area contributed by atoms with Crippen LogP contribution >= 0.6 is 0 Å². The van der Waals surface area contributed by atoms with Gasteiger partial charge in [-0.3, -0.25) is 4.98 Å². The van der Waals surface area contributed by atoms with Crippen molar-refractivity contribution in [2.24, 2.45) is 0 Å². The fraction of sp³-hybridized carbons (Fsp3) is 0.300. The zero-order valence-electron chi connectivity index (χ0n) is 21.7. The number of aromatic nitrogens is 3. The number of allylic oxidation sites excluding steroid dienone is 1. The SMILES string of the molecule is C=C(COc1nc(N2CC3CCC(C2)N3)c2cnc(-c3cccc4ccccc34)c(F)c2n1)N(C)/C=C\C. The molecule has 2 aliphatic heterocycles. The van der Waals surface area contributed by atoms with Crippen molar-refractivity contribution in [1.29, 1.82) is 0 Å². The van der Waals surface area contributed by atoms with Gasteiger partial charge < -0.3 is 19.9 Å². The van der Waals surface area contributed by atoms with E-state index in [0.717, 1.165) is 48.0 Å². The van der Waals surface area contributed by atoms with Crippen LogP contribution in [0.4, 0.5) is 10.2 Å². The molecular weight excluding hydrogens is 479 g/mol. The minimum absolute atomic E-state index is 0.127. The van der Waals surface area contributed by atoms with Crippen LogP contribution in [-0.2, 0) is 0 Å². The van der Waals surface area contributed by atoms with E-state index < -0.39 is 5.82 Å². The topological polar surface area (TPSA) is 66.4 Å². The van der Waals surface area contributed by atoms with Crippen molar-refractivity contribution in [3.63, 3.8) is 0 Å². The van der Waals surface area contributed by atoms with Gasteiger partial charge in [0.1, 0.15) is 23.6 Å². The number of rotatable bonds is 7. The van der Waals surface area contributed by atoms with Crippen molar-refractivity contribution in [2.45, 2.75) is 31.8 Å². The van der Waals surface area contributed by atoms with Gasteiger partial charge in [-0.15, -0.1) is 0 Å². The van der Waals surface area contributed by atoms with Gasteiger partial charge >= 0.3 is 6.01 Å². The van der Waals surface area contributed by atoms with Crippen molar-refractivity contribution in [1.82, 2.24) is 25.2 Å². The molecule has 2 fully saturated rings. The first-order valence-electron chi connectivity index (χ1n) is 13.0. The zero-order valence-corrected chi connectivity index (χ0v) is 21.7. The fourth-order valence-corrected chi connectivity index (χ4v) is 5.50. The summed E-state index contributed by atoms with van der Waals surface area (Å²) in [6, 6.07) is 14.7. The number of ether oxygens (including phenoxy) is 1. The van der Waals surface area contributed by atoms with Crippen LogP contribution in [-0.4, -0.2) is 58.7 Å². The molecule has 2 atom stereocenters. The third kappa shape index (κ3) is 4.45. The van der Waals surface area contributed by atoms with Gasteiger partial charge in [-0.2, -0.15) is 9.97 Å². The number of benzene rings is 2. The summed E-state index contributed by atoms with van der Waals surface area (Å²) in [5, 5.41) is 6.20. The molecule has 194 valence electrons. The molecule has 0 amide bonds. The number of hydrogen-bond acceptors (Lipinski definition) is 7. The Labute approximate surface area is 221 Å². The average molecular weight is 511 g/mol. The van der Waals surface area contributed by atoms with Gasteiger partial charge in [-0.25, -0.2) is 4.39 Å². The number of nitrogens with one attached hydrogen (secondary N) is 1. The molecular formula is C30H31FN6O. The summed E-state index contributed by atoms with van der Waals surface area (Å²) in [6.45, 7) is 7.80. The van der Waals surface area contributed by atoms with Crippen molar-refractivity contribution in [3.8, 4) is 17.3 Å². The molecule has 2 aromatic heterocycles. The van der Waals surface area contributed by atoms with Crippen LogP contribution in [0.2, 0.25) is 0 Å². The number of likely N-dealkylation sites (N-methyl/N-ethyl adjacent to an activating group) is 1. The van der Waals surface area contributed by atoms with E-state index in [0.29, 0.717) is 23.3 Å². The third-order valence-electron chi connectivity index (χ3n) is 7.44. The van der Waals surface area contributed by atoms with Gasteiger partial charge in [-0.1, -0.05) is 55.1 Å². The Morgan fingerprint density at radius 2 is 1.89 bits per heavy atom. The van der Waals surface area contributed by atoms with E-state index in [4.69, 9.17) is 9.72 Å². The zero-order chi connectivity index (χ0) is 26.2. The quantitative estimate of drug-likeness (QED) is 0.363. The van der Waals surface area contributed by atoms with Crippen LogP contribution in [0.15, 0.2) is 73.2 Å². The highest BCUT2D eigenvalue weighted by atomic mass is 19.1. The molecule has 0 saturated carbocycles. The van der Waals surface area contributed by atoms with Crippen LogP contribution in [0.5, 0.6) is 6.01 Å². The predicted octanol–water partition coefficient (Wildman–Crippen LogP) is 5.28. The van der Waals surface area contributed by atoms with E-state index in [1.54, 1.807) is 6.20 Å². The molecule has 4 heterocycles. The second-order valence-corrected chi connectivity index (χ2v) is 10.0. The fourth-order valence-electron chi connectivity index (χ4n) is 5.50. The lowest BCUT2D eigenvalue weighted by Crippen LogP contribution is -2.51. The van der Waals surface area contributed by atoms with Crippen LogP contribution < -0.4 is 15.0 Å². The average Bonchev–Trinajstić information content (AvgIpc) is 3.28. The molecule has 38 heavy (non-hydrogen) atoms. The molecule has 2 aromatic carbocycles. The second kappa shape index (κ2) is 10.0. The van der Waals surface area contributed by atoms with Gasteiger partial charge in [-0.05, 0) is 36.7 Å². The van der Waals surface area contributed by atoms with Crippen molar-refractivity contribution in [3.05, 3.63) is 79.0 Å². The Hall–Kier alpha value is -4.04. The Morgan fingerprint density at radius 3 is 2.68 bits per heavy atom. The molecule has 1 N–H and O–H groups in total. The molecule has 2 aliphatic rings. The van der Waals surface area contributed by atoms with Gasteiger partial charge in [0.05, 0.1) is 5.39 Å². The number of piperazine rings is 1. The summed E-state index contributed by atoms with van der Waals surface area (Å²) < 4.78 is 22.3. The molecule has 2 unspecified atom stereocenters. The second-order valence-electron chi connectivity index (χ2n) is 10.0. The molecule has 0 aliphatic carbocycles. The summed E-state index contributed by atoms with van der Waals surface area (Å²) in [5.74, 6) is 0.182. The lowest BCUT2D eigenvalue weighted by Gasteiger charge is -2.34. The van der Waals surface area contributed by atoms with Gasteiger partial charge in [0.15, 0.2) is 5.82 Å². The molecule has 6 rings (SSSR count). The highest BCUT2D eigenvalue weighted by Gasteiger charge is 2.34. The number of fused-ring (bicyclic) bond motifs is 4. The highest BCUT2D eigenvalue weighted by Crippen LogP contribution is 2.36. The van der Waals surface area contributed by atoms with Gasteiger partial charge in [0, 0.05) is 49.7 Å². The first kappa shape index (κ1) is 24.3. The van der Waals surface area contributed by atoms with Crippen LogP contribution in [0.3, 0.4) is 0 Å². The summed E-state index contributed by atoms with van der Waals surface area (Å²) in [5.41, 5.74) is 1.94. The summed E-state index contributed by atoms with van der Waals surface area (Å²) in [4.78, 5) is 18.0. The Kier molecular flexibility index (Phi) is 6.41. The maximum atomic E-state index is 16.3. The van der Waals surface area contributed by atoms with Gasteiger partial charge in [0.25, 0.3) is 0 Å². The molecule has 2 saturated heterocycles. The first-order valence-corrected chi connectivity index (χ1v) is 13.0. The van der Waals surface area contributed by atoms with E-state index in [9.17, 15) is 0 Å². The number of halogens is 1. The van der Waals surface area contributed by atoms with Crippen molar-refractivity contribution in [2.75, 3.05) is 31.6 Å². The number of hydrogen-bond donors (Lipinski definition) is 1. The van der Waals surface area contributed by atoms with Crippen LogP contribution in [0.1, 0.15) is 19.8 Å². The minimum atomic E-state index is -0.477. The smallest absolute Gasteiger partial charge is 0.319 e. The summed E-state index contributed by atoms with van der Waals surface area (Å²) in [7, 11) is 1.90. The van der Waals surface area contributed by atoms with E-state index in [1.165, 1.54) is 0 Å². The monoisotopic (exact) mass is 510 g/mol. The van der Waals surface area contributed by atoms with Crippen molar-refractivity contribution < 1.29 is 9.13 Å². The lowest BCUT2D eigenvalue weighted by atomic mass is 10.0. The lowest BCUT2D eigenvalue weighted by molar-refractivity contribution is 0.297. The van der Waals surface area contributed by atoms with E-state index in [1.807, 2.05) is 73.6 Å². The highest BCUT2D eigenvalue weighted by molar-refractivity contribution is 5.99. The molecule has 0 spiro atoms. The van der Waals surface area contributed by atoms with Gasteiger partial charge in [0.2, 0.25) is 0 Å². The van der Waals surface area contributed by atoms with Crippen molar-refractivity contribution >= 4 is 27.5 Å². The molecule has 0 radical (unpaired) electrons. The maximum Gasteiger partial charge on any atom is 0.319 e. The normalized spacial score (nSPS) is 19.0. The predicted molar refractivity (Wildman–Crippen MR) is 150 cm³/mol. The minimum Gasteiger partial charge on any atom is -0.457 e. The summed E-state index contributed by atoms with van der Waals surface area (Å²) >= 11 is 0. The third-order valence-corrected chi connectivity index (χ3v) is 7.44. The Bertz CT molecular complexity index is 1540. The van der Waals surface area contributed by atoms with E-state index >= 15 is 4.39 Å².